The normalized spacial score (nSPS) is 17.5. The quantitative estimate of drug-likeness (QED) is 0.711. The molecule has 0 spiro atoms. The molecular weight excluding hydrogens is 361 g/mol. The summed E-state index contributed by atoms with van der Waals surface area (Å²) in [6, 6.07) is 9.82. The molecule has 1 aliphatic heterocycles. The first-order valence-electron chi connectivity index (χ1n) is 7.95. The van der Waals surface area contributed by atoms with Gasteiger partial charge in [-0.2, -0.15) is 0 Å². The van der Waals surface area contributed by atoms with Gasteiger partial charge in [-0.3, -0.25) is 0 Å². The van der Waals surface area contributed by atoms with Crippen molar-refractivity contribution in [2.45, 2.75) is 38.9 Å². The minimum atomic E-state index is -0.0924. The Morgan fingerprint density at radius 1 is 1.21 bits per heavy atom. The SMILES string of the molecule is CC(C)(C)NC(=S)N1CCn2cccc2[C@H]1c1ccc(Cl)cc1Cl. The summed E-state index contributed by atoms with van der Waals surface area (Å²) in [7, 11) is 0. The summed E-state index contributed by atoms with van der Waals surface area (Å²) in [5, 5.41) is 5.46. The Kier molecular flexibility index (Phi) is 4.82. The molecule has 1 atom stereocenters. The zero-order valence-corrected chi connectivity index (χ0v) is 16.3. The maximum Gasteiger partial charge on any atom is 0.170 e. The van der Waals surface area contributed by atoms with Crippen molar-refractivity contribution in [3.63, 3.8) is 0 Å². The first kappa shape index (κ1) is 17.6. The van der Waals surface area contributed by atoms with Crippen molar-refractivity contribution in [1.29, 1.82) is 0 Å². The van der Waals surface area contributed by atoms with Crippen molar-refractivity contribution in [3.8, 4) is 0 Å². The van der Waals surface area contributed by atoms with Crippen LogP contribution in [0.4, 0.5) is 0 Å². The van der Waals surface area contributed by atoms with Gasteiger partial charge in [0.1, 0.15) is 0 Å². The highest BCUT2D eigenvalue weighted by Crippen LogP contribution is 2.37. The monoisotopic (exact) mass is 381 g/mol. The molecule has 24 heavy (non-hydrogen) atoms. The standard InChI is InChI=1S/C18H21Cl2N3S/c1-18(2,3)21-17(24)23-10-9-22-8-4-5-15(22)16(23)13-7-6-12(19)11-14(13)20/h4-8,11,16H,9-10H2,1-3H3,(H,21,24)/t16-/m1/s1. The molecule has 1 aliphatic rings. The Balaban J connectivity index is 2.04. The van der Waals surface area contributed by atoms with Gasteiger partial charge in [-0.1, -0.05) is 29.3 Å². The average molecular weight is 382 g/mol. The summed E-state index contributed by atoms with van der Waals surface area (Å²) in [5.74, 6) is 0. The molecule has 0 unspecified atom stereocenters. The summed E-state index contributed by atoms with van der Waals surface area (Å²) >= 11 is 18.3. The van der Waals surface area contributed by atoms with Gasteiger partial charge in [-0.15, -0.1) is 0 Å². The third-order valence-corrected chi connectivity index (χ3v) is 4.94. The number of nitrogens with zero attached hydrogens (tertiary/aromatic N) is 2. The molecule has 128 valence electrons. The Bertz CT molecular complexity index is 764. The minimum absolute atomic E-state index is 0.0270. The van der Waals surface area contributed by atoms with E-state index in [2.05, 4.69) is 53.9 Å². The smallest absolute Gasteiger partial charge is 0.170 e. The van der Waals surface area contributed by atoms with Crippen molar-refractivity contribution in [3.05, 3.63) is 57.8 Å². The van der Waals surface area contributed by atoms with E-state index in [9.17, 15) is 0 Å². The molecule has 0 radical (unpaired) electrons. The van der Waals surface area contributed by atoms with Crippen LogP contribution in [0, 0.1) is 0 Å². The second kappa shape index (κ2) is 6.58. The summed E-state index contributed by atoms with van der Waals surface area (Å²) in [5.41, 5.74) is 2.10. The Hall–Kier alpha value is -1.23. The van der Waals surface area contributed by atoms with Crippen molar-refractivity contribution in [2.24, 2.45) is 0 Å². The molecule has 3 rings (SSSR count). The predicted molar refractivity (Wildman–Crippen MR) is 105 cm³/mol. The van der Waals surface area contributed by atoms with Crippen LogP contribution in [0.5, 0.6) is 0 Å². The molecule has 0 saturated carbocycles. The zero-order chi connectivity index (χ0) is 17.5. The molecule has 1 aromatic heterocycles. The minimum Gasteiger partial charge on any atom is -0.358 e. The van der Waals surface area contributed by atoms with Gasteiger partial charge in [0.2, 0.25) is 0 Å². The van der Waals surface area contributed by atoms with E-state index in [0.29, 0.717) is 10.0 Å². The third kappa shape index (κ3) is 3.56. The van der Waals surface area contributed by atoms with Crippen LogP contribution in [0.2, 0.25) is 10.0 Å². The fourth-order valence-electron chi connectivity index (χ4n) is 3.05. The van der Waals surface area contributed by atoms with Gasteiger partial charge in [0.05, 0.1) is 6.04 Å². The number of nitrogens with one attached hydrogen (secondary N) is 1. The number of benzene rings is 1. The predicted octanol–water partition coefficient (Wildman–Crippen LogP) is 4.87. The van der Waals surface area contributed by atoms with E-state index >= 15 is 0 Å². The highest BCUT2D eigenvalue weighted by molar-refractivity contribution is 7.80. The Labute approximate surface area is 158 Å². The van der Waals surface area contributed by atoms with Crippen LogP contribution < -0.4 is 5.32 Å². The van der Waals surface area contributed by atoms with E-state index in [1.807, 2.05) is 12.1 Å². The van der Waals surface area contributed by atoms with Gasteiger partial charge in [-0.05, 0) is 62.8 Å². The molecule has 0 aliphatic carbocycles. The number of aromatic nitrogens is 1. The van der Waals surface area contributed by atoms with Crippen LogP contribution in [-0.2, 0) is 6.54 Å². The maximum absolute atomic E-state index is 6.52. The number of hydrogen-bond acceptors (Lipinski definition) is 1. The molecular formula is C18H21Cl2N3S. The fraction of sp³-hybridized carbons (Fsp3) is 0.389. The van der Waals surface area contributed by atoms with Crippen molar-refractivity contribution < 1.29 is 0 Å². The molecule has 6 heteroatoms. The van der Waals surface area contributed by atoms with Crippen LogP contribution in [0.3, 0.4) is 0 Å². The van der Waals surface area contributed by atoms with Gasteiger partial charge in [0.15, 0.2) is 5.11 Å². The second-order valence-electron chi connectivity index (χ2n) is 7.07. The number of hydrogen-bond donors (Lipinski definition) is 1. The fourth-order valence-corrected chi connectivity index (χ4v) is 4.06. The molecule has 0 bridgehead atoms. The van der Waals surface area contributed by atoms with E-state index in [-0.39, 0.29) is 11.6 Å². The maximum atomic E-state index is 6.52. The summed E-state index contributed by atoms with van der Waals surface area (Å²) < 4.78 is 2.26. The molecule has 0 amide bonds. The van der Waals surface area contributed by atoms with Gasteiger partial charge in [-0.25, -0.2) is 0 Å². The van der Waals surface area contributed by atoms with Gasteiger partial charge >= 0.3 is 0 Å². The lowest BCUT2D eigenvalue weighted by Crippen LogP contribution is -2.52. The van der Waals surface area contributed by atoms with Crippen LogP contribution >= 0.6 is 35.4 Å². The molecule has 2 aromatic rings. The van der Waals surface area contributed by atoms with E-state index in [4.69, 9.17) is 35.4 Å². The van der Waals surface area contributed by atoms with E-state index in [1.54, 1.807) is 6.07 Å². The van der Waals surface area contributed by atoms with Crippen molar-refractivity contribution in [2.75, 3.05) is 6.54 Å². The molecule has 0 saturated heterocycles. The highest BCUT2D eigenvalue weighted by Gasteiger charge is 2.32. The largest absolute Gasteiger partial charge is 0.358 e. The lowest BCUT2D eigenvalue weighted by atomic mass is 10.00. The van der Waals surface area contributed by atoms with Gasteiger partial charge in [0.25, 0.3) is 0 Å². The Morgan fingerprint density at radius 2 is 1.96 bits per heavy atom. The van der Waals surface area contributed by atoms with Crippen LogP contribution in [0.1, 0.15) is 38.1 Å². The van der Waals surface area contributed by atoms with Crippen LogP contribution in [0.15, 0.2) is 36.5 Å². The highest BCUT2D eigenvalue weighted by atomic mass is 35.5. The Morgan fingerprint density at radius 3 is 2.62 bits per heavy atom. The van der Waals surface area contributed by atoms with Gasteiger partial charge < -0.3 is 14.8 Å². The van der Waals surface area contributed by atoms with Crippen LogP contribution in [-0.4, -0.2) is 26.7 Å². The lowest BCUT2D eigenvalue weighted by molar-refractivity contribution is 0.279. The number of halogens is 2. The van der Waals surface area contributed by atoms with Crippen molar-refractivity contribution >= 4 is 40.5 Å². The summed E-state index contributed by atoms with van der Waals surface area (Å²) in [6.45, 7) is 8.05. The first-order valence-corrected chi connectivity index (χ1v) is 9.11. The topological polar surface area (TPSA) is 20.2 Å². The first-order chi connectivity index (χ1) is 11.3. The van der Waals surface area contributed by atoms with E-state index in [0.717, 1.165) is 23.8 Å². The number of thiocarbonyl (C=S) groups is 1. The zero-order valence-electron chi connectivity index (χ0n) is 14.0. The summed E-state index contributed by atoms with van der Waals surface area (Å²) in [6.07, 6.45) is 2.10. The average Bonchev–Trinajstić information content (AvgIpc) is 2.93. The third-order valence-electron chi connectivity index (χ3n) is 4.04. The van der Waals surface area contributed by atoms with Gasteiger partial charge in [0, 0.05) is 40.6 Å². The number of fused-ring (bicyclic) bond motifs is 1. The van der Waals surface area contributed by atoms with E-state index in [1.165, 1.54) is 5.69 Å². The number of rotatable bonds is 1. The molecule has 1 aromatic carbocycles. The summed E-state index contributed by atoms with van der Waals surface area (Å²) in [4.78, 5) is 2.21. The lowest BCUT2D eigenvalue weighted by Gasteiger charge is -2.41. The molecule has 3 nitrogen and oxygen atoms in total. The molecule has 1 N–H and O–H groups in total. The van der Waals surface area contributed by atoms with Crippen LogP contribution in [0.25, 0.3) is 0 Å². The second-order valence-corrected chi connectivity index (χ2v) is 8.30. The molecule has 2 heterocycles. The van der Waals surface area contributed by atoms with Crippen molar-refractivity contribution in [1.82, 2.24) is 14.8 Å². The van der Waals surface area contributed by atoms with E-state index < -0.39 is 0 Å². The molecule has 0 fully saturated rings.